The maximum absolute atomic E-state index is 12.3. The molecule has 3 amide bonds. The molecule has 1 aliphatic heterocycles. The maximum atomic E-state index is 12.3. The molecule has 2 atom stereocenters. The summed E-state index contributed by atoms with van der Waals surface area (Å²) in [6, 6.07) is 7.57. The van der Waals surface area contributed by atoms with Crippen LogP contribution in [0.25, 0.3) is 0 Å². The molecule has 1 aromatic carbocycles. The highest BCUT2D eigenvalue weighted by Gasteiger charge is 2.22. The number of likely N-dealkylation sites (tertiary alicyclic amines) is 1. The average molecular weight is 317 g/mol. The first-order valence-corrected chi connectivity index (χ1v) is 8.44. The average Bonchev–Trinajstić information content (AvgIpc) is 2.55. The number of amides is 3. The van der Waals surface area contributed by atoms with Crippen LogP contribution in [0.15, 0.2) is 24.3 Å². The molecule has 1 aromatic rings. The highest BCUT2D eigenvalue weighted by atomic mass is 16.2. The first-order valence-electron chi connectivity index (χ1n) is 8.44. The minimum atomic E-state index is -0.0596. The molecule has 5 heteroatoms. The second-order valence-corrected chi connectivity index (χ2v) is 6.39. The number of benzene rings is 1. The van der Waals surface area contributed by atoms with Crippen molar-refractivity contribution in [2.75, 3.05) is 18.4 Å². The van der Waals surface area contributed by atoms with Crippen molar-refractivity contribution in [3.05, 3.63) is 29.8 Å². The standard InChI is InChI=1S/C18H27N3O2/c1-4-17(22)20-16-9-7-15(8-10-16)14(3)19-18(23)21-11-5-6-13(2)12-21/h7-10,13-14H,4-6,11-12H2,1-3H3,(H,19,23)(H,20,22). The number of rotatable bonds is 4. The monoisotopic (exact) mass is 317 g/mol. The molecule has 0 aliphatic carbocycles. The number of nitrogens with one attached hydrogen (secondary N) is 2. The Labute approximate surface area is 138 Å². The molecule has 1 aliphatic rings. The fourth-order valence-electron chi connectivity index (χ4n) is 2.84. The van der Waals surface area contributed by atoms with Crippen molar-refractivity contribution >= 4 is 17.6 Å². The van der Waals surface area contributed by atoms with Gasteiger partial charge in [0.1, 0.15) is 0 Å². The van der Waals surface area contributed by atoms with Gasteiger partial charge in [-0.25, -0.2) is 4.79 Å². The van der Waals surface area contributed by atoms with Crippen LogP contribution in [0.5, 0.6) is 0 Å². The van der Waals surface area contributed by atoms with E-state index in [9.17, 15) is 9.59 Å². The summed E-state index contributed by atoms with van der Waals surface area (Å²) in [4.78, 5) is 25.6. The molecule has 1 fully saturated rings. The third-order valence-corrected chi connectivity index (χ3v) is 4.30. The predicted molar refractivity (Wildman–Crippen MR) is 92.3 cm³/mol. The third kappa shape index (κ3) is 4.98. The Morgan fingerprint density at radius 3 is 2.61 bits per heavy atom. The molecule has 2 N–H and O–H groups in total. The van der Waals surface area contributed by atoms with Gasteiger partial charge in [0.15, 0.2) is 0 Å². The van der Waals surface area contributed by atoms with Crippen molar-refractivity contribution < 1.29 is 9.59 Å². The lowest BCUT2D eigenvalue weighted by atomic mass is 10.0. The van der Waals surface area contributed by atoms with E-state index in [1.165, 1.54) is 6.42 Å². The quantitative estimate of drug-likeness (QED) is 0.892. The second-order valence-electron chi connectivity index (χ2n) is 6.39. The second kappa shape index (κ2) is 7.99. The molecule has 23 heavy (non-hydrogen) atoms. The Kier molecular flexibility index (Phi) is 6.02. The van der Waals surface area contributed by atoms with E-state index in [1.807, 2.05) is 43.0 Å². The summed E-state index contributed by atoms with van der Waals surface area (Å²) in [5.41, 5.74) is 1.81. The lowest BCUT2D eigenvalue weighted by Crippen LogP contribution is -2.45. The van der Waals surface area contributed by atoms with E-state index >= 15 is 0 Å². The molecule has 1 heterocycles. The van der Waals surface area contributed by atoms with Gasteiger partial charge in [-0.05, 0) is 43.4 Å². The zero-order valence-electron chi connectivity index (χ0n) is 14.3. The summed E-state index contributed by atoms with van der Waals surface area (Å²) in [5.74, 6) is 0.574. The third-order valence-electron chi connectivity index (χ3n) is 4.30. The highest BCUT2D eigenvalue weighted by Crippen LogP contribution is 2.19. The summed E-state index contributed by atoms with van der Waals surface area (Å²) in [6.07, 6.45) is 2.74. The number of carbonyl (C=O) groups excluding carboxylic acids is 2. The highest BCUT2D eigenvalue weighted by molar-refractivity contribution is 5.90. The van der Waals surface area contributed by atoms with Crippen molar-refractivity contribution in [1.29, 1.82) is 0 Å². The fraction of sp³-hybridized carbons (Fsp3) is 0.556. The summed E-state index contributed by atoms with van der Waals surface area (Å²) in [7, 11) is 0. The first-order chi connectivity index (χ1) is 11.0. The van der Waals surface area contributed by atoms with Gasteiger partial charge in [-0.2, -0.15) is 0 Å². The number of carbonyl (C=O) groups is 2. The van der Waals surface area contributed by atoms with Gasteiger partial charge in [-0.15, -0.1) is 0 Å². The van der Waals surface area contributed by atoms with Gasteiger partial charge in [0.05, 0.1) is 6.04 Å². The number of urea groups is 1. The van der Waals surface area contributed by atoms with E-state index in [4.69, 9.17) is 0 Å². The zero-order valence-corrected chi connectivity index (χ0v) is 14.3. The van der Waals surface area contributed by atoms with E-state index in [0.29, 0.717) is 12.3 Å². The summed E-state index contributed by atoms with van der Waals surface area (Å²) in [6.45, 7) is 7.66. The summed E-state index contributed by atoms with van der Waals surface area (Å²) < 4.78 is 0. The largest absolute Gasteiger partial charge is 0.331 e. The number of hydrogen-bond acceptors (Lipinski definition) is 2. The van der Waals surface area contributed by atoms with Crippen LogP contribution in [-0.2, 0) is 4.79 Å². The number of anilines is 1. The smallest absolute Gasteiger partial charge is 0.317 e. The van der Waals surface area contributed by atoms with E-state index in [-0.39, 0.29) is 18.0 Å². The summed E-state index contributed by atoms with van der Waals surface area (Å²) in [5, 5.41) is 5.88. The molecule has 0 radical (unpaired) electrons. The number of hydrogen-bond donors (Lipinski definition) is 2. The number of piperidine rings is 1. The van der Waals surface area contributed by atoms with E-state index in [0.717, 1.165) is 30.8 Å². The normalized spacial score (nSPS) is 19.1. The molecule has 126 valence electrons. The molecule has 0 bridgehead atoms. The molecule has 2 unspecified atom stereocenters. The van der Waals surface area contributed by atoms with E-state index in [2.05, 4.69) is 17.6 Å². The molecule has 1 saturated heterocycles. The molecule has 5 nitrogen and oxygen atoms in total. The Hall–Kier alpha value is -2.04. The van der Waals surface area contributed by atoms with Crippen LogP contribution in [0.4, 0.5) is 10.5 Å². The summed E-state index contributed by atoms with van der Waals surface area (Å²) >= 11 is 0. The van der Waals surface area contributed by atoms with E-state index in [1.54, 1.807) is 0 Å². The molecule has 0 spiro atoms. The van der Waals surface area contributed by atoms with Gasteiger partial charge in [0, 0.05) is 25.2 Å². The molecular weight excluding hydrogens is 290 g/mol. The van der Waals surface area contributed by atoms with E-state index < -0.39 is 0 Å². The van der Waals surface area contributed by atoms with Crippen LogP contribution >= 0.6 is 0 Å². The Bertz CT molecular complexity index is 542. The van der Waals surface area contributed by atoms with Crippen LogP contribution in [0, 0.1) is 5.92 Å². The predicted octanol–water partition coefficient (Wildman–Crippen LogP) is 3.54. The van der Waals surface area contributed by atoms with Crippen molar-refractivity contribution in [3.63, 3.8) is 0 Å². The van der Waals surface area contributed by atoms with Crippen LogP contribution in [0.3, 0.4) is 0 Å². The van der Waals surface area contributed by atoms with Gasteiger partial charge in [0.2, 0.25) is 5.91 Å². The van der Waals surface area contributed by atoms with Crippen LogP contribution in [0.2, 0.25) is 0 Å². The van der Waals surface area contributed by atoms with Crippen molar-refractivity contribution in [2.24, 2.45) is 5.92 Å². The minimum absolute atomic E-state index is 0.00156. The molecule has 0 aromatic heterocycles. The number of nitrogens with zero attached hydrogens (tertiary/aromatic N) is 1. The lowest BCUT2D eigenvalue weighted by molar-refractivity contribution is -0.115. The fourth-order valence-corrected chi connectivity index (χ4v) is 2.84. The van der Waals surface area contributed by atoms with Crippen molar-refractivity contribution in [1.82, 2.24) is 10.2 Å². The lowest BCUT2D eigenvalue weighted by Gasteiger charge is -2.32. The van der Waals surface area contributed by atoms with Gasteiger partial charge in [-0.1, -0.05) is 26.0 Å². The SMILES string of the molecule is CCC(=O)Nc1ccc(C(C)NC(=O)N2CCCC(C)C2)cc1. The Morgan fingerprint density at radius 2 is 2.00 bits per heavy atom. The van der Waals surface area contributed by atoms with Crippen molar-refractivity contribution in [2.45, 2.75) is 46.1 Å². The van der Waals surface area contributed by atoms with Gasteiger partial charge >= 0.3 is 6.03 Å². The van der Waals surface area contributed by atoms with Crippen LogP contribution < -0.4 is 10.6 Å². The van der Waals surface area contributed by atoms with Crippen LogP contribution in [-0.4, -0.2) is 29.9 Å². The Morgan fingerprint density at radius 1 is 1.30 bits per heavy atom. The van der Waals surface area contributed by atoms with Gasteiger partial charge in [-0.3, -0.25) is 4.79 Å². The topological polar surface area (TPSA) is 61.4 Å². The van der Waals surface area contributed by atoms with Crippen molar-refractivity contribution in [3.8, 4) is 0 Å². The van der Waals surface area contributed by atoms with Gasteiger partial charge in [0.25, 0.3) is 0 Å². The first kappa shape index (κ1) is 17.3. The molecule has 2 rings (SSSR count). The molecular formula is C18H27N3O2. The zero-order chi connectivity index (χ0) is 16.8. The van der Waals surface area contributed by atoms with Crippen LogP contribution in [0.1, 0.15) is 51.6 Å². The molecule has 0 saturated carbocycles. The maximum Gasteiger partial charge on any atom is 0.317 e. The van der Waals surface area contributed by atoms with Gasteiger partial charge < -0.3 is 15.5 Å². The Balaban J connectivity index is 1.90. The minimum Gasteiger partial charge on any atom is -0.331 e.